The van der Waals surface area contributed by atoms with Crippen molar-refractivity contribution >= 4 is 33.3 Å². The van der Waals surface area contributed by atoms with Crippen LogP contribution in [0.15, 0.2) is 65.7 Å². The highest BCUT2D eigenvalue weighted by Gasteiger charge is 2.16. The lowest BCUT2D eigenvalue weighted by Crippen LogP contribution is -2.18. The van der Waals surface area contributed by atoms with Crippen molar-refractivity contribution in [1.82, 2.24) is 4.98 Å². The minimum Gasteiger partial charge on any atom is -0.310 e. The Morgan fingerprint density at radius 2 is 1.88 bits per heavy atom. The maximum Gasteiger partial charge on any atom is 0.225 e. The largest absolute Gasteiger partial charge is 0.310 e. The van der Waals surface area contributed by atoms with Gasteiger partial charge in [-0.15, -0.1) is 0 Å². The molecule has 0 radical (unpaired) electrons. The molecule has 0 fully saturated rings. The number of nitrogens with one attached hydrogen (secondary N) is 1. The molecule has 0 aliphatic carbocycles. The Morgan fingerprint density at radius 3 is 2.65 bits per heavy atom. The highest BCUT2D eigenvalue weighted by Crippen LogP contribution is 2.21. The third-order valence-corrected chi connectivity index (χ3v) is 5.82. The van der Waals surface area contributed by atoms with Gasteiger partial charge in [0.2, 0.25) is 5.91 Å². The van der Waals surface area contributed by atoms with E-state index in [1.807, 2.05) is 37.3 Å². The van der Waals surface area contributed by atoms with Crippen molar-refractivity contribution < 1.29 is 13.4 Å². The highest BCUT2D eigenvalue weighted by molar-refractivity contribution is 7.85. The SMILES string of the molecule is CC(CCC(=O)Nc1nccc2ccccc12)S(=O)c1ccc(F)cc1. The first-order valence-corrected chi connectivity index (χ1v) is 9.55. The van der Waals surface area contributed by atoms with Crippen LogP contribution in [0.3, 0.4) is 0 Å². The number of rotatable bonds is 6. The number of amides is 1. The molecule has 1 N–H and O–H groups in total. The van der Waals surface area contributed by atoms with Crippen LogP contribution >= 0.6 is 0 Å². The van der Waals surface area contributed by atoms with Gasteiger partial charge in [0.25, 0.3) is 0 Å². The molecule has 3 aromatic rings. The summed E-state index contributed by atoms with van der Waals surface area (Å²) < 4.78 is 25.4. The monoisotopic (exact) mass is 370 g/mol. The summed E-state index contributed by atoms with van der Waals surface area (Å²) in [6.07, 6.45) is 2.35. The van der Waals surface area contributed by atoms with Gasteiger partial charge in [-0.2, -0.15) is 0 Å². The van der Waals surface area contributed by atoms with Gasteiger partial charge < -0.3 is 5.32 Å². The van der Waals surface area contributed by atoms with Crippen molar-refractivity contribution in [2.45, 2.75) is 29.9 Å². The van der Waals surface area contributed by atoms with Gasteiger partial charge in [0.05, 0.1) is 10.8 Å². The molecule has 0 spiro atoms. The number of nitrogens with zero attached hydrogens (tertiary/aromatic N) is 1. The van der Waals surface area contributed by atoms with E-state index in [0.717, 1.165) is 10.8 Å². The molecule has 2 atom stereocenters. The van der Waals surface area contributed by atoms with E-state index in [1.54, 1.807) is 6.20 Å². The summed E-state index contributed by atoms with van der Waals surface area (Å²) in [5.74, 6) is -0.00223. The predicted molar refractivity (Wildman–Crippen MR) is 102 cm³/mol. The Hall–Kier alpha value is -2.60. The van der Waals surface area contributed by atoms with Gasteiger partial charge in [-0.05, 0) is 42.1 Å². The van der Waals surface area contributed by atoms with E-state index in [-0.39, 0.29) is 23.4 Å². The van der Waals surface area contributed by atoms with Crippen LogP contribution in [-0.4, -0.2) is 20.3 Å². The van der Waals surface area contributed by atoms with Crippen LogP contribution in [0.4, 0.5) is 10.2 Å². The number of aromatic nitrogens is 1. The van der Waals surface area contributed by atoms with Crippen molar-refractivity contribution in [3.63, 3.8) is 0 Å². The number of pyridine rings is 1. The Morgan fingerprint density at radius 1 is 1.15 bits per heavy atom. The fourth-order valence-corrected chi connectivity index (χ4v) is 3.86. The summed E-state index contributed by atoms with van der Waals surface area (Å²) in [5.41, 5.74) is 0. The van der Waals surface area contributed by atoms with Crippen LogP contribution in [0.2, 0.25) is 0 Å². The summed E-state index contributed by atoms with van der Waals surface area (Å²) in [5, 5.41) is 4.50. The van der Waals surface area contributed by atoms with Gasteiger partial charge in [0, 0.05) is 28.1 Å². The molecule has 2 aromatic carbocycles. The molecule has 134 valence electrons. The van der Waals surface area contributed by atoms with E-state index in [4.69, 9.17) is 0 Å². The van der Waals surface area contributed by atoms with Crippen molar-refractivity contribution in [1.29, 1.82) is 0 Å². The second-order valence-corrected chi connectivity index (χ2v) is 7.90. The molecule has 4 nitrogen and oxygen atoms in total. The van der Waals surface area contributed by atoms with Gasteiger partial charge in [-0.3, -0.25) is 9.00 Å². The second kappa shape index (κ2) is 8.19. The first-order valence-electron chi connectivity index (χ1n) is 8.34. The van der Waals surface area contributed by atoms with E-state index in [2.05, 4.69) is 10.3 Å². The number of fused-ring (bicyclic) bond motifs is 1. The lowest BCUT2D eigenvalue weighted by atomic mass is 10.1. The van der Waals surface area contributed by atoms with E-state index in [1.165, 1.54) is 24.3 Å². The smallest absolute Gasteiger partial charge is 0.225 e. The standard InChI is InChI=1S/C20H19FN2O2S/c1-14(26(25)17-9-7-16(21)8-10-17)6-11-19(24)23-20-18-5-3-2-4-15(18)12-13-22-20/h2-5,7-10,12-14H,6,11H2,1H3,(H,22,23,24). The number of hydrogen-bond acceptors (Lipinski definition) is 3. The number of hydrogen-bond donors (Lipinski definition) is 1. The molecule has 3 rings (SSSR count). The Balaban J connectivity index is 1.59. The number of halogens is 1. The lowest BCUT2D eigenvalue weighted by Gasteiger charge is -2.12. The summed E-state index contributed by atoms with van der Waals surface area (Å²) in [4.78, 5) is 17.1. The van der Waals surface area contributed by atoms with Gasteiger partial charge in [0.15, 0.2) is 0 Å². The number of carbonyl (C=O) groups is 1. The topological polar surface area (TPSA) is 59.1 Å². The maximum atomic E-state index is 13.0. The Bertz CT molecular complexity index is 939. The maximum absolute atomic E-state index is 13.0. The molecule has 1 heterocycles. The molecule has 0 saturated carbocycles. The summed E-state index contributed by atoms with van der Waals surface area (Å²) in [7, 11) is -1.28. The molecule has 1 aromatic heterocycles. The van der Waals surface area contributed by atoms with E-state index in [0.29, 0.717) is 17.1 Å². The molecular weight excluding hydrogens is 351 g/mol. The molecule has 2 unspecified atom stereocenters. The van der Waals surface area contributed by atoms with Crippen LogP contribution in [0.5, 0.6) is 0 Å². The Labute approximate surface area is 153 Å². The van der Waals surface area contributed by atoms with Crippen LogP contribution in [0, 0.1) is 5.82 Å². The van der Waals surface area contributed by atoms with E-state index >= 15 is 0 Å². The van der Waals surface area contributed by atoms with Crippen molar-refractivity contribution in [3.05, 3.63) is 66.6 Å². The zero-order valence-corrected chi connectivity index (χ0v) is 15.1. The lowest BCUT2D eigenvalue weighted by molar-refractivity contribution is -0.116. The quantitative estimate of drug-likeness (QED) is 0.704. The second-order valence-electron chi connectivity index (χ2n) is 6.03. The van der Waals surface area contributed by atoms with Gasteiger partial charge in [0.1, 0.15) is 11.6 Å². The molecule has 1 amide bonds. The van der Waals surface area contributed by atoms with Crippen LogP contribution in [-0.2, 0) is 15.6 Å². The summed E-state index contributed by atoms with van der Waals surface area (Å²) in [6, 6.07) is 15.2. The van der Waals surface area contributed by atoms with Crippen LogP contribution in [0.25, 0.3) is 10.8 Å². The van der Waals surface area contributed by atoms with Crippen LogP contribution in [0.1, 0.15) is 19.8 Å². The highest BCUT2D eigenvalue weighted by atomic mass is 32.2. The molecule has 0 bridgehead atoms. The average Bonchev–Trinajstić information content (AvgIpc) is 2.66. The minimum absolute atomic E-state index is 0.170. The first-order chi connectivity index (χ1) is 12.5. The number of benzene rings is 2. The van der Waals surface area contributed by atoms with Crippen molar-refractivity contribution in [2.75, 3.05) is 5.32 Å². The molecular formula is C20H19FN2O2S. The van der Waals surface area contributed by atoms with Gasteiger partial charge in [-0.25, -0.2) is 9.37 Å². The zero-order valence-electron chi connectivity index (χ0n) is 14.3. The summed E-state index contributed by atoms with van der Waals surface area (Å²) in [6.45, 7) is 1.82. The van der Waals surface area contributed by atoms with Crippen molar-refractivity contribution in [2.24, 2.45) is 0 Å². The first kappa shape index (κ1) is 18.2. The third kappa shape index (κ3) is 4.32. The normalized spacial score (nSPS) is 13.3. The fourth-order valence-electron chi connectivity index (χ4n) is 2.66. The predicted octanol–water partition coefficient (Wildman–Crippen LogP) is 4.29. The van der Waals surface area contributed by atoms with Gasteiger partial charge in [-0.1, -0.05) is 31.2 Å². The van der Waals surface area contributed by atoms with Crippen LogP contribution < -0.4 is 5.32 Å². The van der Waals surface area contributed by atoms with E-state index in [9.17, 15) is 13.4 Å². The number of carbonyl (C=O) groups excluding carboxylic acids is 1. The van der Waals surface area contributed by atoms with Gasteiger partial charge >= 0.3 is 0 Å². The Kier molecular flexibility index (Phi) is 5.73. The van der Waals surface area contributed by atoms with Crippen molar-refractivity contribution in [3.8, 4) is 0 Å². The zero-order chi connectivity index (χ0) is 18.5. The molecule has 26 heavy (non-hydrogen) atoms. The minimum atomic E-state index is -1.28. The third-order valence-electron chi connectivity index (χ3n) is 4.12. The summed E-state index contributed by atoms with van der Waals surface area (Å²) >= 11 is 0. The average molecular weight is 370 g/mol. The molecule has 0 aliphatic heterocycles. The number of anilines is 1. The fraction of sp³-hybridized carbons (Fsp3) is 0.200. The molecule has 0 saturated heterocycles. The molecule has 6 heteroatoms. The van der Waals surface area contributed by atoms with E-state index < -0.39 is 10.8 Å². The molecule has 0 aliphatic rings.